The SMILES string of the molecule is OC[C@H]1O[C@@H](n2ccc(-c3cn[nH]n3)n2)C(O)C1O. The molecule has 0 aromatic carbocycles. The molecule has 19 heavy (non-hydrogen) atoms. The second kappa shape index (κ2) is 4.70. The summed E-state index contributed by atoms with van der Waals surface area (Å²) in [6.45, 7) is -0.369. The molecule has 4 N–H and O–H groups in total. The summed E-state index contributed by atoms with van der Waals surface area (Å²) in [6, 6.07) is 1.69. The number of hydrogen-bond acceptors (Lipinski definition) is 7. The normalized spacial score (nSPS) is 30.9. The van der Waals surface area contributed by atoms with E-state index in [0.717, 1.165) is 0 Å². The molecule has 1 saturated heterocycles. The van der Waals surface area contributed by atoms with Crippen molar-refractivity contribution in [1.29, 1.82) is 0 Å². The fourth-order valence-electron chi connectivity index (χ4n) is 2.04. The first kappa shape index (κ1) is 12.2. The zero-order chi connectivity index (χ0) is 13.4. The number of hydrogen-bond donors (Lipinski definition) is 4. The van der Waals surface area contributed by atoms with Crippen molar-refractivity contribution >= 4 is 0 Å². The summed E-state index contributed by atoms with van der Waals surface area (Å²) < 4.78 is 6.74. The summed E-state index contributed by atoms with van der Waals surface area (Å²) in [7, 11) is 0. The second-order valence-corrected chi connectivity index (χ2v) is 4.27. The Bertz CT molecular complexity index is 542. The predicted octanol–water partition coefficient (Wildman–Crippen LogP) is -1.72. The van der Waals surface area contributed by atoms with Crippen LogP contribution in [0.4, 0.5) is 0 Å². The molecule has 4 atom stereocenters. The van der Waals surface area contributed by atoms with Gasteiger partial charge in [-0.05, 0) is 6.07 Å². The van der Waals surface area contributed by atoms with E-state index in [9.17, 15) is 10.2 Å². The van der Waals surface area contributed by atoms with Crippen LogP contribution in [0.15, 0.2) is 18.5 Å². The van der Waals surface area contributed by atoms with Gasteiger partial charge in [-0.15, -0.1) is 0 Å². The third kappa shape index (κ3) is 2.02. The van der Waals surface area contributed by atoms with Gasteiger partial charge >= 0.3 is 0 Å². The van der Waals surface area contributed by atoms with Crippen molar-refractivity contribution in [2.75, 3.05) is 6.61 Å². The van der Waals surface area contributed by atoms with Gasteiger partial charge in [0.1, 0.15) is 29.7 Å². The molecule has 9 heteroatoms. The third-order valence-corrected chi connectivity index (χ3v) is 3.06. The van der Waals surface area contributed by atoms with E-state index < -0.39 is 24.5 Å². The van der Waals surface area contributed by atoms with Crippen LogP contribution in [0.2, 0.25) is 0 Å². The maximum atomic E-state index is 9.87. The largest absolute Gasteiger partial charge is 0.394 e. The van der Waals surface area contributed by atoms with E-state index in [1.807, 2.05) is 0 Å². The molecule has 102 valence electrons. The number of nitrogens with one attached hydrogen (secondary N) is 1. The number of aliphatic hydroxyl groups is 3. The summed E-state index contributed by atoms with van der Waals surface area (Å²) in [5.41, 5.74) is 1.12. The first-order chi connectivity index (χ1) is 9.20. The highest BCUT2D eigenvalue weighted by atomic mass is 16.6. The highest BCUT2D eigenvalue weighted by Crippen LogP contribution is 2.29. The lowest BCUT2D eigenvalue weighted by Crippen LogP contribution is -2.33. The molecular formula is C10H13N5O4. The van der Waals surface area contributed by atoms with Crippen LogP contribution < -0.4 is 0 Å². The van der Waals surface area contributed by atoms with E-state index >= 15 is 0 Å². The molecular weight excluding hydrogens is 254 g/mol. The van der Waals surface area contributed by atoms with Crippen molar-refractivity contribution in [3.05, 3.63) is 18.5 Å². The molecule has 1 aliphatic heterocycles. The van der Waals surface area contributed by atoms with Crippen LogP contribution in [0.5, 0.6) is 0 Å². The first-order valence-corrected chi connectivity index (χ1v) is 5.74. The molecule has 0 radical (unpaired) electrons. The van der Waals surface area contributed by atoms with Gasteiger partial charge in [0.05, 0.1) is 12.8 Å². The Labute approximate surface area is 107 Å². The lowest BCUT2D eigenvalue weighted by molar-refractivity contribution is -0.0585. The van der Waals surface area contributed by atoms with Gasteiger partial charge in [0.15, 0.2) is 6.23 Å². The number of nitrogens with zero attached hydrogens (tertiary/aromatic N) is 4. The van der Waals surface area contributed by atoms with Crippen molar-refractivity contribution in [1.82, 2.24) is 25.2 Å². The molecule has 1 fully saturated rings. The maximum Gasteiger partial charge on any atom is 0.179 e. The molecule has 2 aromatic heterocycles. The number of aliphatic hydroxyl groups excluding tert-OH is 3. The van der Waals surface area contributed by atoms with E-state index in [2.05, 4.69) is 20.5 Å². The first-order valence-electron chi connectivity index (χ1n) is 5.74. The standard InChI is InChI=1S/C10H13N5O4/c16-4-7-8(17)9(18)10(19-7)15-2-1-5(13-15)6-3-11-14-12-6/h1-3,7-10,16-18H,4H2,(H,11,12,14)/t7-,8?,9?,10-/m1/s1. The van der Waals surface area contributed by atoms with E-state index in [1.165, 1.54) is 10.9 Å². The Hall–Kier alpha value is -1.81. The molecule has 1 aliphatic rings. The van der Waals surface area contributed by atoms with Gasteiger partial charge in [-0.3, -0.25) is 0 Å². The molecule has 3 heterocycles. The van der Waals surface area contributed by atoms with Crippen molar-refractivity contribution in [3.8, 4) is 11.4 Å². The summed E-state index contributed by atoms with van der Waals surface area (Å²) in [4.78, 5) is 0. The quantitative estimate of drug-likeness (QED) is 0.520. The van der Waals surface area contributed by atoms with Gasteiger partial charge in [0, 0.05) is 6.20 Å². The third-order valence-electron chi connectivity index (χ3n) is 3.06. The Balaban J connectivity index is 1.84. The molecule has 3 rings (SSSR count). The maximum absolute atomic E-state index is 9.87. The number of ether oxygens (including phenoxy) is 1. The average molecular weight is 267 g/mol. The van der Waals surface area contributed by atoms with E-state index in [4.69, 9.17) is 9.84 Å². The second-order valence-electron chi connectivity index (χ2n) is 4.27. The number of rotatable bonds is 3. The fourth-order valence-corrected chi connectivity index (χ4v) is 2.04. The molecule has 0 spiro atoms. The van der Waals surface area contributed by atoms with Crippen molar-refractivity contribution < 1.29 is 20.1 Å². The van der Waals surface area contributed by atoms with Crippen LogP contribution >= 0.6 is 0 Å². The highest BCUT2D eigenvalue weighted by molar-refractivity contribution is 5.50. The average Bonchev–Trinajstić information content (AvgIpc) is 3.12. The molecule has 0 bridgehead atoms. The summed E-state index contributed by atoms with van der Waals surface area (Å²) >= 11 is 0. The van der Waals surface area contributed by atoms with E-state index in [-0.39, 0.29) is 6.61 Å². The summed E-state index contributed by atoms with van der Waals surface area (Å²) in [5.74, 6) is 0. The molecule has 2 unspecified atom stereocenters. The highest BCUT2D eigenvalue weighted by Gasteiger charge is 2.43. The van der Waals surface area contributed by atoms with Gasteiger partial charge in [0.2, 0.25) is 0 Å². The lowest BCUT2D eigenvalue weighted by Gasteiger charge is -2.14. The molecule has 0 saturated carbocycles. The zero-order valence-electron chi connectivity index (χ0n) is 9.79. The van der Waals surface area contributed by atoms with Crippen molar-refractivity contribution in [3.63, 3.8) is 0 Å². The van der Waals surface area contributed by atoms with Gasteiger partial charge in [-0.1, -0.05) is 0 Å². The Morgan fingerprint density at radius 3 is 2.79 bits per heavy atom. The number of H-pyrrole nitrogens is 1. The van der Waals surface area contributed by atoms with Gasteiger partial charge in [-0.25, -0.2) is 4.68 Å². The van der Waals surface area contributed by atoms with Gasteiger partial charge in [0.25, 0.3) is 0 Å². The number of aromatic amines is 1. The molecule has 0 amide bonds. The topological polar surface area (TPSA) is 129 Å². The fraction of sp³-hybridized carbons (Fsp3) is 0.500. The minimum atomic E-state index is -1.15. The van der Waals surface area contributed by atoms with Crippen LogP contribution in [0, 0.1) is 0 Å². The van der Waals surface area contributed by atoms with Crippen molar-refractivity contribution in [2.45, 2.75) is 24.5 Å². The van der Waals surface area contributed by atoms with Crippen molar-refractivity contribution in [2.24, 2.45) is 0 Å². The van der Waals surface area contributed by atoms with Crippen LogP contribution in [-0.4, -0.2) is 65.4 Å². The lowest BCUT2D eigenvalue weighted by atomic mass is 10.1. The van der Waals surface area contributed by atoms with E-state index in [0.29, 0.717) is 11.4 Å². The molecule has 2 aromatic rings. The van der Waals surface area contributed by atoms with Crippen LogP contribution in [0.3, 0.4) is 0 Å². The predicted molar refractivity (Wildman–Crippen MR) is 60.6 cm³/mol. The Morgan fingerprint density at radius 1 is 1.32 bits per heavy atom. The van der Waals surface area contributed by atoms with Crippen LogP contribution in [0.25, 0.3) is 11.4 Å². The van der Waals surface area contributed by atoms with E-state index in [1.54, 1.807) is 12.3 Å². The van der Waals surface area contributed by atoms with Crippen LogP contribution in [0.1, 0.15) is 6.23 Å². The van der Waals surface area contributed by atoms with Gasteiger partial charge in [-0.2, -0.15) is 20.5 Å². The zero-order valence-corrected chi connectivity index (χ0v) is 9.79. The smallest absolute Gasteiger partial charge is 0.179 e. The minimum Gasteiger partial charge on any atom is -0.394 e. The monoisotopic (exact) mass is 267 g/mol. The van der Waals surface area contributed by atoms with Crippen LogP contribution in [-0.2, 0) is 4.74 Å². The number of aromatic nitrogens is 5. The Morgan fingerprint density at radius 2 is 2.16 bits per heavy atom. The summed E-state index contributed by atoms with van der Waals surface area (Å²) in [5, 5.41) is 42.8. The minimum absolute atomic E-state index is 0.369. The summed E-state index contributed by atoms with van der Waals surface area (Å²) in [6.07, 6.45) is -0.835. The Kier molecular flexibility index (Phi) is 3.03. The van der Waals surface area contributed by atoms with Gasteiger partial charge < -0.3 is 20.1 Å². The molecule has 9 nitrogen and oxygen atoms in total. The molecule has 0 aliphatic carbocycles.